The van der Waals surface area contributed by atoms with Crippen molar-refractivity contribution in [2.45, 2.75) is 9.79 Å². The van der Waals surface area contributed by atoms with E-state index in [0.29, 0.717) is 0 Å². The minimum atomic E-state index is -4.51. The van der Waals surface area contributed by atoms with Gasteiger partial charge in [0, 0.05) is 6.26 Å². The number of nitrogens with zero attached hydrogens (tertiary/aromatic N) is 3. The van der Waals surface area contributed by atoms with Gasteiger partial charge in [0.25, 0.3) is 21.6 Å². The molecule has 0 bridgehead atoms. The van der Waals surface area contributed by atoms with Gasteiger partial charge in [-0.3, -0.25) is 19.2 Å². The molecule has 0 aliphatic carbocycles. The Morgan fingerprint density at radius 2 is 1.44 bits per heavy atom. The van der Waals surface area contributed by atoms with Gasteiger partial charge in [-0.15, -0.1) is 0 Å². The fourth-order valence-electron chi connectivity index (χ4n) is 3.69. The van der Waals surface area contributed by atoms with Crippen LogP contribution < -0.4 is 10.6 Å². The molecule has 0 unspecified atom stereocenters. The van der Waals surface area contributed by atoms with Crippen LogP contribution in [0.4, 0.5) is 5.69 Å². The number of carboxylic acid groups (broad SMARTS) is 2. The number of sulfone groups is 1. The molecule has 4 N–H and O–H groups in total. The lowest BCUT2D eigenvalue weighted by Gasteiger charge is -2.11. The van der Waals surface area contributed by atoms with Crippen LogP contribution in [0.1, 0.15) is 16.1 Å². The van der Waals surface area contributed by atoms with Crippen molar-refractivity contribution >= 4 is 55.3 Å². The summed E-state index contributed by atoms with van der Waals surface area (Å²) in [6, 6.07) is 9.25. The number of allylic oxidation sites excluding steroid dienone is 2. The third-order valence-corrected chi connectivity index (χ3v) is 7.65. The van der Waals surface area contributed by atoms with Crippen LogP contribution in [0.5, 0.6) is 0 Å². The highest BCUT2D eigenvalue weighted by molar-refractivity contribution is 7.90. The quantitative estimate of drug-likeness (QED) is 0.209. The van der Waals surface area contributed by atoms with Crippen LogP contribution in [0.25, 0.3) is 11.8 Å². The number of H-pyrrole nitrogens is 1. The van der Waals surface area contributed by atoms with E-state index in [-0.39, 0.29) is 21.8 Å². The number of aliphatic carboxylic acids is 1. The molecule has 41 heavy (non-hydrogen) atoms. The molecule has 1 aliphatic heterocycles. The Balaban J connectivity index is 1.69. The molecule has 0 saturated carbocycles. The summed E-state index contributed by atoms with van der Waals surface area (Å²) in [5.74, 6) is -3.98. The number of carbonyl (C=O) groups excluding carboxylic acids is 1. The van der Waals surface area contributed by atoms with Crippen LogP contribution in [0.15, 0.2) is 85.9 Å². The molecule has 1 aliphatic rings. The summed E-state index contributed by atoms with van der Waals surface area (Å²) in [5.41, 5.74) is -2.79. The normalized spacial score (nSPS) is 15.1. The van der Waals surface area contributed by atoms with Gasteiger partial charge in [0.15, 0.2) is 21.2 Å². The summed E-state index contributed by atoms with van der Waals surface area (Å²) in [6.07, 6.45) is 4.11. The van der Waals surface area contributed by atoms with E-state index >= 15 is 0 Å². The van der Waals surface area contributed by atoms with Crippen LogP contribution in [-0.2, 0) is 29.5 Å². The highest BCUT2D eigenvalue weighted by Gasteiger charge is 2.35. The van der Waals surface area contributed by atoms with Crippen molar-refractivity contribution in [1.82, 2.24) is 9.78 Å². The summed E-state index contributed by atoms with van der Waals surface area (Å²) < 4.78 is 55.8. The number of hydrogen-bond acceptors (Lipinski definition) is 9. The molecular formula is C24H18N4O11S2. The summed E-state index contributed by atoms with van der Waals surface area (Å²) in [7, 11) is -8.04. The average Bonchev–Trinajstić information content (AvgIpc) is 3.40. The largest absolute Gasteiger partial charge is 0.477 e. The van der Waals surface area contributed by atoms with Crippen molar-refractivity contribution in [3.05, 3.63) is 87.9 Å². The molecule has 1 aromatic heterocycles. The third kappa shape index (κ3) is 5.76. The van der Waals surface area contributed by atoms with Crippen LogP contribution in [0.2, 0.25) is 0 Å². The number of hydrazone groups is 1. The molecular weight excluding hydrogens is 584 g/mol. The van der Waals surface area contributed by atoms with Crippen LogP contribution >= 0.6 is 0 Å². The van der Waals surface area contributed by atoms with Crippen molar-refractivity contribution in [3.8, 4) is 5.69 Å². The topological polar surface area (TPSA) is 234 Å². The van der Waals surface area contributed by atoms with Gasteiger partial charge >= 0.3 is 11.9 Å². The molecule has 2 aromatic carbocycles. The van der Waals surface area contributed by atoms with E-state index in [1.807, 2.05) is 0 Å². The summed E-state index contributed by atoms with van der Waals surface area (Å²) in [4.78, 5) is 49.0. The Bertz CT molecular complexity index is 1970. The molecule has 1 amide bonds. The van der Waals surface area contributed by atoms with Crippen LogP contribution in [0, 0.1) is 0 Å². The Hall–Kier alpha value is -5.13. The number of aromatic amines is 1. The zero-order chi connectivity index (χ0) is 30.3. The highest BCUT2D eigenvalue weighted by atomic mass is 32.2. The van der Waals surface area contributed by atoms with Gasteiger partial charge in [-0.05, 0) is 60.7 Å². The van der Waals surface area contributed by atoms with E-state index in [4.69, 9.17) is 4.55 Å². The van der Waals surface area contributed by atoms with Crippen LogP contribution in [-0.4, -0.2) is 71.2 Å². The van der Waals surface area contributed by atoms with Crippen molar-refractivity contribution in [2.75, 3.05) is 11.3 Å². The standard InChI is InChI=1S/C24H18N4O11S2/c1-40(35,36)15-9-5-13(6-10-15)27-21(29)17(19(25-27)23(31)32)3-2-4-18-20(24(33)34)26-28(22(18)30)14-7-11-16(12-8-14)41(37,38)39/h2-12,26H,1H3,(H,31,32)(H,33,34)(H,37,38,39)/b4-2+,17-3+. The average molecular weight is 603 g/mol. The van der Waals surface area contributed by atoms with Crippen molar-refractivity contribution in [3.63, 3.8) is 0 Å². The molecule has 2 heterocycles. The maximum absolute atomic E-state index is 13.0. The first-order chi connectivity index (χ1) is 19.1. The van der Waals surface area contributed by atoms with Gasteiger partial charge in [0.1, 0.15) is 0 Å². The first kappa shape index (κ1) is 28.9. The number of rotatable bonds is 8. The maximum Gasteiger partial charge on any atom is 0.357 e. The Kier molecular flexibility index (Phi) is 7.36. The number of nitrogens with one attached hydrogen (secondary N) is 1. The predicted molar refractivity (Wildman–Crippen MR) is 142 cm³/mol. The van der Waals surface area contributed by atoms with E-state index in [1.165, 1.54) is 24.3 Å². The van der Waals surface area contributed by atoms with Crippen molar-refractivity contribution < 1.29 is 46.0 Å². The number of carboxylic acids is 2. The van der Waals surface area contributed by atoms with E-state index in [9.17, 15) is 46.2 Å². The van der Waals surface area contributed by atoms with Crippen molar-refractivity contribution in [2.24, 2.45) is 5.10 Å². The predicted octanol–water partition coefficient (Wildman–Crippen LogP) is 0.941. The van der Waals surface area contributed by atoms with Crippen LogP contribution in [0.3, 0.4) is 0 Å². The number of carbonyl (C=O) groups is 3. The molecule has 17 heteroatoms. The Morgan fingerprint density at radius 3 is 1.95 bits per heavy atom. The van der Waals surface area contributed by atoms with Gasteiger partial charge < -0.3 is 10.2 Å². The molecule has 212 valence electrons. The lowest BCUT2D eigenvalue weighted by Crippen LogP contribution is -2.22. The first-order valence-corrected chi connectivity index (χ1v) is 14.4. The second-order valence-electron chi connectivity index (χ2n) is 8.39. The van der Waals surface area contributed by atoms with E-state index in [1.54, 1.807) is 0 Å². The summed E-state index contributed by atoms with van der Waals surface area (Å²) in [6.45, 7) is 0. The fraction of sp³-hybridized carbons (Fsp3) is 0.0417. The van der Waals surface area contributed by atoms with Gasteiger partial charge in [-0.25, -0.2) is 22.7 Å². The summed E-state index contributed by atoms with van der Waals surface area (Å²) >= 11 is 0. The number of aromatic carboxylic acids is 1. The molecule has 0 fully saturated rings. The lowest BCUT2D eigenvalue weighted by atomic mass is 10.1. The second kappa shape index (κ2) is 10.5. The maximum atomic E-state index is 13.0. The molecule has 3 aromatic rings. The van der Waals surface area contributed by atoms with E-state index in [0.717, 1.165) is 58.4 Å². The summed E-state index contributed by atoms with van der Waals surface area (Å²) in [5, 5.41) is 26.0. The number of anilines is 1. The SMILES string of the molecule is CS(=O)(=O)c1ccc(N2N=C(C(=O)O)/C(=C\C=C\c3c(C(=O)O)[nH]n(-c4ccc(S(=O)(=O)O)cc4)c3=O)C2=O)cc1. The number of aromatic nitrogens is 2. The van der Waals surface area contributed by atoms with Gasteiger partial charge in [-0.2, -0.15) is 18.5 Å². The molecule has 0 radical (unpaired) electrons. The molecule has 0 atom stereocenters. The lowest BCUT2D eigenvalue weighted by molar-refractivity contribution is -0.129. The van der Waals surface area contributed by atoms with Gasteiger partial charge in [-0.1, -0.05) is 6.08 Å². The molecule has 0 saturated heterocycles. The number of benzene rings is 2. The highest BCUT2D eigenvalue weighted by Crippen LogP contribution is 2.25. The fourth-order valence-corrected chi connectivity index (χ4v) is 4.80. The smallest absolute Gasteiger partial charge is 0.357 e. The van der Waals surface area contributed by atoms with Gasteiger partial charge in [0.2, 0.25) is 0 Å². The monoisotopic (exact) mass is 602 g/mol. The Morgan fingerprint density at radius 1 is 0.878 bits per heavy atom. The van der Waals surface area contributed by atoms with Crippen molar-refractivity contribution in [1.29, 1.82) is 0 Å². The van der Waals surface area contributed by atoms with Gasteiger partial charge in [0.05, 0.1) is 32.3 Å². The number of hydrogen-bond donors (Lipinski definition) is 4. The minimum absolute atomic E-state index is 0.0326. The van der Waals surface area contributed by atoms with E-state index in [2.05, 4.69) is 10.2 Å². The second-order valence-corrected chi connectivity index (χ2v) is 11.8. The third-order valence-electron chi connectivity index (χ3n) is 5.65. The van der Waals surface area contributed by atoms with E-state index < -0.39 is 65.2 Å². The molecule has 4 rings (SSSR count). The number of amides is 1. The Labute approximate surface area is 230 Å². The minimum Gasteiger partial charge on any atom is -0.477 e. The molecule has 0 spiro atoms. The zero-order valence-corrected chi connectivity index (χ0v) is 22.2. The molecule has 15 nitrogen and oxygen atoms in total. The zero-order valence-electron chi connectivity index (χ0n) is 20.6. The first-order valence-electron chi connectivity index (χ1n) is 11.1.